The van der Waals surface area contributed by atoms with Crippen LogP contribution in [0.25, 0.3) is 0 Å². The first kappa shape index (κ1) is 24.8. The fourth-order valence-corrected chi connectivity index (χ4v) is 2.11. The summed E-state index contributed by atoms with van der Waals surface area (Å²) in [6.45, 7) is 5.39. The molecule has 156 valence electrons. The number of hydrogen-bond donors (Lipinski definition) is 7. The van der Waals surface area contributed by atoms with E-state index in [-0.39, 0.29) is 12.3 Å². The zero-order valence-corrected chi connectivity index (χ0v) is 15.9. The maximum atomic E-state index is 12.3. The van der Waals surface area contributed by atoms with Crippen molar-refractivity contribution in [1.29, 1.82) is 0 Å². The van der Waals surface area contributed by atoms with Crippen LogP contribution in [0.3, 0.4) is 0 Å². The number of nitrogens with two attached hydrogens (primary N) is 1. The molecule has 5 unspecified atom stereocenters. The summed E-state index contributed by atoms with van der Waals surface area (Å²) >= 11 is 0. The Kier molecular flexibility index (Phi) is 10.5. The number of carboxylic acid groups (broad SMARTS) is 1. The Morgan fingerprint density at radius 3 is 1.78 bits per heavy atom. The van der Waals surface area contributed by atoms with Crippen LogP contribution in [0.15, 0.2) is 0 Å². The van der Waals surface area contributed by atoms with E-state index in [9.17, 15) is 29.4 Å². The number of carbonyl (C=O) groups excluding carboxylic acids is 3. The van der Waals surface area contributed by atoms with Crippen molar-refractivity contribution < 1.29 is 34.5 Å². The maximum Gasteiger partial charge on any atom is 0.326 e. The van der Waals surface area contributed by atoms with Crippen molar-refractivity contribution in [3.8, 4) is 0 Å². The molecule has 0 aliphatic heterocycles. The molecule has 0 saturated heterocycles. The highest BCUT2D eigenvalue weighted by Gasteiger charge is 2.31. The monoisotopic (exact) mass is 390 g/mol. The minimum atomic E-state index is -1.46. The van der Waals surface area contributed by atoms with Crippen molar-refractivity contribution in [2.45, 2.75) is 64.4 Å². The standard InChI is InChI=1S/C16H30N4O7/c1-7(2)5-10(16(26)27)18-14(24)11(6-21)19-15(25)12(9(4)22)20-13(23)8(3)17/h7-12,21-22H,5-6,17H2,1-4H3,(H,18,24)(H,19,25)(H,20,23)(H,26,27). The molecule has 0 rings (SSSR count). The summed E-state index contributed by atoms with van der Waals surface area (Å²) in [6, 6.07) is -4.98. The predicted octanol–water partition coefficient (Wildman–Crippen LogP) is -2.71. The molecule has 0 aliphatic carbocycles. The van der Waals surface area contributed by atoms with Crippen molar-refractivity contribution >= 4 is 23.7 Å². The number of nitrogens with one attached hydrogen (secondary N) is 3. The van der Waals surface area contributed by atoms with Crippen LogP contribution >= 0.6 is 0 Å². The molecule has 0 heterocycles. The van der Waals surface area contributed by atoms with E-state index in [1.807, 2.05) is 0 Å². The summed E-state index contributed by atoms with van der Waals surface area (Å²) in [5.41, 5.74) is 5.40. The molecule has 3 amide bonds. The lowest BCUT2D eigenvalue weighted by Crippen LogP contribution is -2.60. The first-order valence-electron chi connectivity index (χ1n) is 8.59. The summed E-state index contributed by atoms with van der Waals surface area (Å²) in [6.07, 6.45) is -1.14. The topological polar surface area (TPSA) is 191 Å². The van der Waals surface area contributed by atoms with E-state index in [1.54, 1.807) is 13.8 Å². The molecule has 5 atom stereocenters. The smallest absolute Gasteiger partial charge is 0.326 e. The van der Waals surface area contributed by atoms with Crippen LogP contribution in [0.2, 0.25) is 0 Å². The van der Waals surface area contributed by atoms with Crippen LogP contribution in [-0.4, -0.2) is 75.9 Å². The maximum absolute atomic E-state index is 12.3. The van der Waals surface area contributed by atoms with E-state index in [0.717, 1.165) is 0 Å². The number of amides is 3. The summed E-state index contributed by atoms with van der Waals surface area (Å²) in [5, 5.41) is 34.9. The van der Waals surface area contributed by atoms with E-state index < -0.39 is 60.6 Å². The zero-order chi connectivity index (χ0) is 21.3. The molecular weight excluding hydrogens is 360 g/mol. The Labute approximate surface area is 157 Å². The third kappa shape index (κ3) is 8.80. The Balaban J connectivity index is 5.09. The van der Waals surface area contributed by atoms with Crippen LogP contribution in [0.5, 0.6) is 0 Å². The zero-order valence-electron chi connectivity index (χ0n) is 15.9. The summed E-state index contributed by atoms with van der Waals surface area (Å²) < 4.78 is 0. The molecule has 11 nitrogen and oxygen atoms in total. The van der Waals surface area contributed by atoms with Gasteiger partial charge in [0.2, 0.25) is 17.7 Å². The lowest BCUT2D eigenvalue weighted by atomic mass is 10.0. The highest BCUT2D eigenvalue weighted by atomic mass is 16.4. The van der Waals surface area contributed by atoms with Crippen LogP contribution < -0.4 is 21.7 Å². The van der Waals surface area contributed by atoms with Gasteiger partial charge in [0, 0.05) is 0 Å². The quantitative estimate of drug-likeness (QED) is 0.198. The number of carbonyl (C=O) groups is 4. The SMILES string of the molecule is CC(C)CC(NC(=O)C(CO)NC(=O)C(NC(=O)C(C)N)C(C)O)C(=O)O. The van der Waals surface area contributed by atoms with E-state index in [1.165, 1.54) is 13.8 Å². The first-order chi connectivity index (χ1) is 12.4. The fourth-order valence-electron chi connectivity index (χ4n) is 2.11. The predicted molar refractivity (Wildman–Crippen MR) is 95.3 cm³/mol. The molecule has 8 N–H and O–H groups in total. The highest BCUT2D eigenvalue weighted by Crippen LogP contribution is 2.05. The van der Waals surface area contributed by atoms with E-state index in [0.29, 0.717) is 0 Å². The molecule has 0 aromatic rings. The van der Waals surface area contributed by atoms with Gasteiger partial charge < -0.3 is 37.0 Å². The van der Waals surface area contributed by atoms with E-state index >= 15 is 0 Å². The van der Waals surface area contributed by atoms with Gasteiger partial charge in [0.15, 0.2) is 0 Å². The molecule has 0 aromatic heterocycles. The molecule has 0 aliphatic rings. The van der Waals surface area contributed by atoms with Crippen LogP contribution in [0.4, 0.5) is 0 Å². The van der Waals surface area contributed by atoms with Gasteiger partial charge in [0.25, 0.3) is 0 Å². The van der Waals surface area contributed by atoms with Crippen molar-refractivity contribution in [3.05, 3.63) is 0 Å². The number of carboxylic acids is 1. The molecule has 11 heteroatoms. The van der Waals surface area contributed by atoms with Crippen LogP contribution in [0.1, 0.15) is 34.1 Å². The van der Waals surface area contributed by atoms with Gasteiger partial charge in [0.1, 0.15) is 18.1 Å². The second-order valence-electron chi connectivity index (χ2n) is 6.79. The summed E-state index contributed by atoms with van der Waals surface area (Å²) in [4.78, 5) is 47.4. The molecule has 0 bridgehead atoms. The molecule has 27 heavy (non-hydrogen) atoms. The van der Waals surface area contributed by atoms with Gasteiger partial charge in [-0.1, -0.05) is 13.8 Å². The van der Waals surface area contributed by atoms with Crippen molar-refractivity contribution in [2.75, 3.05) is 6.61 Å². The van der Waals surface area contributed by atoms with Gasteiger partial charge >= 0.3 is 5.97 Å². The number of aliphatic carboxylic acids is 1. The number of aliphatic hydroxyl groups is 2. The Hall–Kier alpha value is -2.24. The fraction of sp³-hybridized carbons (Fsp3) is 0.750. The van der Waals surface area contributed by atoms with Gasteiger partial charge in [-0.05, 0) is 26.2 Å². The highest BCUT2D eigenvalue weighted by molar-refractivity contribution is 5.94. The van der Waals surface area contributed by atoms with Gasteiger partial charge in [-0.2, -0.15) is 0 Å². The van der Waals surface area contributed by atoms with Crippen molar-refractivity contribution in [1.82, 2.24) is 16.0 Å². The van der Waals surface area contributed by atoms with Gasteiger partial charge in [0.05, 0.1) is 18.8 Å². The number of aliphatic hydroxyl groups excluding tert-OH is 2. The second-order valence-corrected chi connectivity index (χ2v) is 6.79. The summed E-state index contributed by atoms with van der Waals surface area (Å²) in [7, 11) is 0. The molecular formula is C16H30N4O7. The Morgan fingerprint density at radius 2 is 1.41 bits per heavy atom. The van der Waals surface area contributed by atoms with E-state index in [4.69, 9.17) is 10.8 Å². The normalized spacial score (nSPS) is 16.6. The van der Waals surface area contributed by atoms with Gasteiger partial charge in [-0.15, -0.1) is 0 Å². The minimum absolute atomic E-state index is 0.0124. The third-order valence-electron chi connectivity index (χ3n) is 3.61. The lowest BCUT2D eigenvalue weighted by Gasteiger charge is -2.25. The average molecular weight is 390 g/mol. The van der Waals surface area contributed by atoms with Gasteiger partial charge in [-0.25, -0.2) is 4.79 Å². The van der Waals surface area contributed by atoms with Crippen molar-refractivity contribution in [2.24, 2.45) is 11.7 Å². The minimum Gasteiger partial charge on any atom is -0.480 e. The molecule has 0 saturated carbocycles. The largest absolute Gasteiger partial charge is 0.480 e. The Bertz CT molecular complexity index is 537. The molecule has 0 radical (unpaired) electrons. The van der Waals surface area contributed by atoms with Crippen LogP contribution in [-0.2, 0) is 19.2 Å². The first-order valence-corrected chi connectivity index (χ1v) is 8.59. The van der Waals surface area contributed by atoms with E-state index in [2.05, 4.69) is 16.0 Å². The molecule has 0 fully saturated rings. The number of rotatable bonds is 11. The molecule has 0 spiro atoms. The average Bonchev–Trinajstić information content (AvgIpc) is 2.55. The number of hydrogen-bond acceptors (Lipinski definition) is 7. The Morgan fingerprint density at radius 1 is 0.889 bits per heavy atom. The van der Waals surface area contributed by atoms with Crippen LogP contribution in [0, 0.1) is 5.92 Å². The summed E-state index contributed by atoms with van der Waals surface area (Å²) in [5.74, 6) is -3.78. The lowest BCUT2D eigenvalue weighted by molar-refractivity contribution is -0.143. The van der Waals surface area contributed by atoms with Gasteiger partial charge in [-0.3, -0.25) is 14.4 Å². The molecule has 0 aromatic carbocycles. The van der Waals surface area contributed by atoms with Crippen molar-refractivity contribution in [3.63, 3.8) is 0 Å². The third-order valence-corrected chi connectivity index (χ3v) is 3.61. The second kappa shape index (κ2) is 11.5.